The van der Waals surface area contributed by atoms with Crippen molar-refractivity contribution in [2.24, 2.45) is 0 Å². The number of benzene rings is 2. The van der Waals surface area contributed by atoms with Gasteiger partial charge in [-0.25, -0.2) is 8.42 Å². The Hall–Kier alpha value is -0.880. The lowest BCUT2D eigenvalue weighted by atomic mass is 10.3. The molecule has 3 nitrogen and oxygen atoms in total. The highest BCUT2D eigenvalue weighted by atomic mass is 35.5. The number of nitrogens with one attached hydrogen (secondary N) is 1. The molecular weight excluding hydrogens is 337 g/mol. The van der Waals surface area contributed by atoms with Gasteiger partial charge in [-0.3, -0.25) is 4.72 Å². The fourth-order valence-corrected chi connectivity index (χ4v) is 3.42. The van der Waals surface area contributed by atoms with Crippen molar-refractivity contribution in [2.45, 2.75) is 9.79 Å². The summed E-state index contributed by atoms with van der Waals surface area (Å²) in [5.41, 5.74) is 0.324. The highest BCUT2D eigenvalue weighted by Crippen LogP contribution is 2.32. The molecular formula is C13H11Cl2NO2S2. The molecule has 20 heavy (non-hydrogen) atoms. The molecule has 0 amide bonds. The Balaban J connectivity index is 2.18. The number of alkyl halides is 1. The predicted molar refractivity (Wildman–Crippen MR) is 85.3 cm³/mol. The lowest BCUT2D eigenvalue weighted by molar-refractivity contribution is 0.605. The number of rotatable bonds is 5. The Morgan fingerprint density at radius 1 is 1.05 bits per heavy atom. The zero-order valence-corrected chi connectivity index (χ0v) is 13.4. The first-order chi connectivity index (χ1) is 9.50. The van der Waals surface area contributed by atoms with Crippen molar-refractivity contribution in [3.8, 4) is 0 Å². The molecule has 0 fully saturated rings. The molecule has 7 heteroatoms. The van der Waals surface area contributed by atoms with Crippen molar-refractivity contribution < 1.29 is 8.42 Å². The smallest absolute Gasteiger partial charge is 0.246 e. The zero-order chi connectivity index (χ0) is 14.6. The fourth-order valence-electron chi connectivity index (χ4n) is 1.46. The van der Waals surface area contributed by atoms with Crippen molar-refractivity contribution >= 4 is 50.7 Å². The van der Waals surface area contributed by atoms with E-state index in [1.54, 1.807) is 30.0 Å². The van der Waals surface area contributed by atoms with E-state index in [9.17, 15) is 8.42 Å². The molecule has 0 spiro atoms. The molecule has 2 aromatic rings. The van der Waals surface area contributed by atoms with Gasteiger partial charge in [-0.05, 0) is 30.3 Å². The summed E-state index contributed by atoms with van der Waals surface area (Å²) in [4.78, 5) is 2.01. The summed E-state index contributed by atoms with van der Waals surface area (Å²) in [6, 6.07) is 15.0. The van der Waals surface area contributed by atoms with E-state index in [-0.39, 0.29) is 0 Å². The summed E-state index contributed by atoms with van der Waals surface area (Å²) in [7, 11) is -3.54. The maximum absolute atomic E-state index is 11.4. The highest BCUT2D eigenvalue weighted by molar-refractivity contribution is 7.99. The van der Waals surface area contributed by atoms with Crippen LogP contribution in [0.2, 0.25) is 5.02 Å². The molecule has 0 aliphatic carbocycles. The largest absolute Gasteiger partial charge is 0.281 e. The first kappa shape index (κ1) is 15.5. The minimum Gasteiger partial charge on any atom is -0.281 e. The van der Waals surface area contributed by atoms with Crippen LogP contribution in [0.1, 0.15) is 0 Å². The Bertz CT molecular complexity index is 691. The first-order valence-corrected chi connectivity index (χ1v) is 8.97. The Morgan fingerprint density at radius 2 is 1.75 bits per heavy atom. The lowest BCUT2D eigenvalue weighted by Crippen LogP contribution is -2.13. The van der Waals surface area contributed by atoms with Crippen LogP contribution in [-0.4, -0.2) is 13.6 Å². The Kier molecular flexibility index (Phi) is 5.21. The third-order valence-corrected chi connectivity index (χ3v) is 5.32. The van der Waals surface area contributed by atoms with Crippen LogP contribution >= 0.6 is 35.0 Å². The van der Waals surface area contributed by atoms with Crippen LogP contribution < -0.4 is 4.72 Å². The second-order valence-electron chi connectivity index (χ2n) is 3.88. The molecule has 0 saturated carbocycles. The van der Waals surface area contributed by atoms with Crippen molar-refractivity contribution in [1.29, 1.82) is 0 Å². The van der Waals surface area contributed by atoms with Crippen LogP contribution in [0, 0.1) is 0 Å². The van der Waals surface area contributed by atoms with Gasteiger partial charge in [0.1, 0.15) is 5.21 Å². The van der Waals surface area contributed by atoms with Crippen LogP contribution in [0.3, 0.4) is 0 Å². The van der Waals surface area contributed by atoms with Gasteiger partial charge in [0, 0.05) is 9.79 Å². The van der Waals surface area contributed by atoms with Gasteiger partial charge in [-0.1, -0.05) is 41.6 Å². The van der Waals surface area contributed by atoms with Gasteiger partial charge in [0.15, 0.2) is 0 Å². The van der Waals surface area contributed by atoms with Gasteiger partial charge in [-0.15, -0.1) is 11.6 Å². The van der Waals surface area contributed by atoms with E-state index < -0.39 is 15.2 Å². The molecule has 0 radical (unpaired) electrons. The van der Waals surface area contributed by atoms with E-state index in [1.165, 1.54) is 0 Å². The molecule has 0 atom stereocenters. The molecule has 0 aromatic heterocycles. The third kappa shape index (κ3) is 4.31. The Labute approximate surface area is 132 Å². The molecule has 0 heterocycles. The number of hydrogen-bond donors (Lipinski definition) is 1. The minimum atomic E-state index is -3.54. The van der Waals surface area contributed by atoms with Gasteiger partial charge < -0.3 is 0 Å². The molecule has 0 saturated heterocycles. The van der Waals surface area contributed by atoms with E-state index in [1.807, 2.05) is 30.3 Å². The minimum absolute atomic E-state index is 0.324. The third-order valence-electron chi connectivity index (χ3n) is 2.33. The second kappa shape index (κ2) is 6.72. The monoisotopic (exact) mass is 347 g/mol. The van der Waals surface area contributed by atoms with E-state index >= 15 is 0 Å². The summed E-state index contributed by atoms with van der Waals surface area (Å²) >= 11 is 13.0. The van der Waals surface area contributed by atoms with Crippen LogP contribution in [0.4, 0.5) is 5.69 Å². The van der Waals surface area contributed by atoms with Gasteiger partial charge in [0.05, 0.1) is 10.7 Å². The van der Waals surface area contributed by atoms with Gasteiger partial charge >= 0.3 is 0 Å². The number of sulfonamides is 1. The van der Waals surface area contributed by atoms with Crippen LogP contribution in [-0.2, 0) is 10.0 Å². The topological polar surface area (TPSA) is 46.2 Å². The normalized spacial score (nSPS) is 11.3. The van der Waals surface area contributed by atoms with Crippen molar-refractivity contribution in [3.63, 3.8) is 0 Å². The quantitative estimate of drug-likeness (QED) is 0.813. The standard InChI is InChI=1S/C13H11Cl2NO2S2/c14-9-20(17,18)16-13-7-6-11(8-12(13)15)19-10-4-2-1-3-5-10/h1-8,16H,9H2. The average Bonchev–Trinajstić information content (AvgIpc) is 2.43. The van der Waals surface area contributed by atoms with Crippen LogP contribution in [0.25, 0.3) is 0 Å². The predicted octanol–water partition coefficient (Wildman–Crippen LogP) is 4.43. The summed E-state index contributed by atoms with van der Waals surface area (Å²) in [5, 5.41) is -0.177. The molecule has 0 aliphatic rings. The molecule has 0 aliphatic heterocycles. The second-order valence-corrected chi connectivity index (χ2v) is 7.74. The summed E-state index contributed by atoms with van der Waals surface area (Å²) in [6.45, 7) is 0. The molecule has 0 unspecified atom stereocenters. The summed E-state index contributed by atoms with van der Waals surface area (Å²) in [5.74, 6) is 0. The first-order valence-electron chi connectivity index (χ1n) is 5.59. The van der Waals surface area contributed by atoms with Crippen molar-refractivity contribution in [2.75, 3.05) is 9.93 Å². The molecule has 2 aromatic carbocycles. The average molecular weight is 348 g/mol. The van der Waals surface area contributed by atoms with Crippen molar-refractivity contribution in [3.05, 3.63) is 53.6 Å². The van der Waals surface area contributed by atoms with Gasteiger partial charge in [0.25, 0.3) is 0 Å². The summed E-state index contributed by atoms with van der Waals surface area (Å²) < 4.78 is 25.1. The SMILES string of the molecule is O=S(=O)(CCl)Nc1ccc(Sc2ccccc2)cc1Cl. The maximum atomic E-state index is 11.4. The van der Waals surface area contributed by atoms with E-state index in [4.69, 9.17) is 23.2 Å². The van der Waals surface area contributed by atoms with E-state index in [0.29, 0.717) is 10.7 Å². The summed E-state index contributed by atoms with van der Waals surface area (Å²) in [6.07, 6.45) is 0. The van der Waals surface area contributed by atoms with Crippen molar-refractivity contribution in [1.82, 2.24) is 0 Å². The molecule has 2 rings (SSSR count). The number of halogens is 2. The van der Waals surface area contributed by atoms with Crippen LogP contribution in [0.15, 0.2) is 58.3 Å². The van der Waals surface area contributed by atoms with Gasteiger partial charge in [-0.2, -0.15) is 0 Å². The molecule has 1 N–H and O–H groups in total. The maximum Gasteiger partial charge on any atom is 0.246 e. The molecule has 106 valence electrons. The highest BCUT2D eigenvalue weighted by Gasteiger charge is 2.11. The fraction of sp³-hybridized carbons (Fsp3) is 0.0769. The zero-order valence-electron chi connectivity index (χ0n) is 10.2. The number of anilines is 1. The van der Waals surface area contributed by atoms with E-state index in [2.05, 4.69) is 4.72 Å². The van der Waals surface area contributed by atoms with E-state index in [0.717, 1.165) is 9.79 Å². The van der Waals surface area contributed by atoms with Crippen LogP contribution in [0.5, 0.6) is 0 Å². The number of hydrogen-bond acceptors (Lipinski definition) is 3. The Morgan fingerprint density at radius 3 is 2.35 bits per heavy atom. The van der Waals surface area contributed by atoms with Gasteiger partial charge in [0.2, 0.25) is 10.0 Å². The lowest BCUT2D eigenvalue weighted by Gasteiger charge is -2.09. The molecule has 0 bridgehead atoms.